The molecule has 74 valence electrons. The van der Waals surface area contributed by atoms with Gasteiger partial charge in [0.2, 0.25) is 0 Å². The van der Waals surface area contributed by atoms with Gasteiger partial charge in [-0.25, -0.2) is 0 Å². The monoisotopic (exact) mass is 181 g/mol. The highest BCUT2D eigenvalue weighted by Gasteiger charge is 2.11. The fourth-order valence-electron chi connectivity index (χ4n) is 1.52. The van der Waals surface area contributed by atoms with Gasteiger partial charge in [-0.2, -0.15) is 5.10 Å². The Morgan fingerprint density at radius 1 is 1.46 bits per heavy atom. The predicted molar refractivity (Wildman–Crippen MR) is 54.9 cm³/mol. The van der Waals surface area contributed by atoms with Gasteiger partial charge in [-0.15, -0.1) is 0 Å². The van der Waals surface area contributed by atoms with Gasteiger partial charge in [0.05, 0.1) is 5.69 Å². The second-order valence-electron chi connectivity index (χ2n) is 3.67. The molecule has 0 radical (unpaired) electrons. The maximum atomic E-state index is 4.39. The van der Waals surface area contributed by atoms with Crippen LogP contribution in [0.3, 0.4) is 0 Å². The van der Waals surface area contributed by atoms with E-state index < -0.39 is 0 Å². The molecule has 1 aromatic rings. The number of aryl methyl sites for hydroxylation is 2. The number of hydrogen-bond donors (Lipinski definition) is 1. The molecule has 0 bridgehead atoms. The second kappa shape index (κ2) is 3.92. The minimum Gasteiger partial charge on any atom is -0.317 e. The third kappa shape index (κ3) is 2.10. The van der Waals surface area contributed by atoms with Crippen LogP contribution in [0.4, 0.5) is 0 Å². The van der Waals surface area contributed by atoms with Crippen molar-refractivity contribution >= 4 is 0 Å². The molecule has 1 unspecified atom stereocenters. The summed E-state index contributed by atoms with van der Waals surface area (Å²) in [6, 6.07) is 0.515. The zero-order chi connectivity index (χ0) is 10.0. The number of hydrogen-bond acceptors (Lipinski definition) is 2. The highest BCUT2D eigenvalue weighted by molar-refractivity contribution is 5.25. The average molecular weight is 181 g/mol. The molecule has 1 atom stereocenters. The van der Waals surface area contributed by atoms with E-state index in [1.165, 1.54) is 11.3 Å². The molecule has 3 nitrogen and oxygen atoms in total. The highest BCUT2D eigenvalue weighted by Crippen LogP contribution is 2.13. The van der Waals surface area contributed by atoms with Crippen LogP contribution in [0, 0.1) is 13.8 Å². The van der Waals surface area contributed by atoms with Crippen molar-refractivity contribution in [1.82, 2.24) is 15.1 Å². The van der Waals surface area contributed by atoms with Gasteiger partial charge in [0.15, 0.2) is 0 Å². The summed E-state index contributed by atoms with van der Waals surface area (Å²) in [5, 5.41) is 7.63. The third-order valence-electron chi connectivity index (χ3n) is 2.66. The highest BCUT2D eigenvalue weighted by atomic mass is 15.3. The van der Waals surface area contributed by atoms with Crippen LogP contribution >= 0.6 is 0 Å². The van der Waals surface area contributed by atoms with Crippen molar-refractivity contribution < 1.29 is 0 Å². The van der Waals surface area contributed by atoms with E-state index in [4.69, 9.17) is 0 Å². The molecule has 3 heteroatoms. The van der Waals surface area contributed by atoms with E-state index in [0.29, 0.717) is 6.04 Å². The number of nitrogens with one attached hydrogen (secondary N) is 1. The summed E-state index contributed by atoms with van der Waals surface area (Å²) in [5.74, 6) is 0. The van der Waals surface area contributed by atoms with E-state index in [1.807, 2.05) is 18.8 Å². The molecule has 0 saturated heterocycles. The third-order valence-corrected chi connectivity index (χ3v) is 2.66. The Labute approximate surface area is 80.1 Å². The summed E-state index contributed by atoms with van der Waals surface area (Å²) in [6.45, 7) is 6.38. The molecule has 0 aliphatic heterocycles. The molecule has 0 aliphatic carbocycles. The van der Waals surface area contributed by atoms with Crippen LogP contribution in [0.2, 0.25) is 0 Å². The summed E-state index contributed by atoms with van der Waals surface area (Å²) in [7, 11) is 3.99. The fourth-order valence-corrected chi connectivity index (χ4v) is 1.52. The lowest BCUT2D eigenvalue weighted by atomic mass is 10.1. The second-order valence-corrected chi connectivity index (χ2v) is 3.67. The van der Waals surface area contributed by atoms with Gasteiger partial charge in [-0.3, -0.25) is 4.68 Å². The van der Waals surface area contributed by atoms with Gasteiger partial charge in [-0.1, -0.05) is 0 Å². The Bertz CT molecular complexity index is 289. The van der Waals surface area contributed by atoms with E-state index in [2.05, 4.69) is 31.2 Å². The largest absolute Gasteiger partial charge is 0.317 e. The first-order valence-corrected chi connectivity index (χ1v) is 4.72. The lowest BCUT2D eigenvalue weighted by Crippen LogP contribution is -2.24. The van der Waals surface area contributed by atoms with E-state index in [0.717, 1.165) is 12.1 Å². The molecule has 1 N–H and O–H groups in total. The Balaban J connectivity index is 2.87. The van der Waals surface area contributed by atoms with Crippen molar-refractivity contribution in [3.8, 4) is 0 Å². The van der Waals surface area contributed by atoms with E-state index in [-0.39, 0.29) is 0 Å². The van der Waals surface area contributed by atoms with Gasteiger partial charge >= 0.3 is 0 Å². The molecule has 1 heterocycles. The van der Waals surface area contributed by atoms with Crippen molar-refractivity contribution in [3.63, 3.8) is 0 Å². The van der Waals surface area contributed by atoms with Gasteiger partial charge in [0.25, 0.3) is 0 Å². The maximum Gasteiger partial charge on any atom is 0.0628 e. The molecular formula is C10H19N3. The minimum atomic E-state index is 0.515. The van der Waals surface area contributed by atoms with Gasteiger partial charge in [0.1, 0.15) is 0 Å². The lowest BCUT2D eigenvalue weighted by Gasteiger charge is -2.09. The lowest BCUT2D eigenvalue weighted by molar-refractivity contribution is 0.604. The Morgan fingerprint density at radius 2 is 2.08 bits per heavy atom. The predicted octanol–water partition coefficient (Wildman–Crippen LogP) is 1.19. The minimum absolute atomic E-state index is 0.515. The van der Waals surface area contributed by atoms with Crippen LogP contribution in [0.1, 0.15) is 23.9 Å². The van der Waals surface area contributed by atoms with Crippen molar-refractivity contribution in [3.05, 3.63) is 17.0 Å². The van der Waals surface area contributed by atoms with Crippen molar-refractivity contribution in [2.24, 2.45) is 7.05 Å². The van der Waals surface area contributed by atoms with Gasteiger partial charge in [-0.05, 0) is 39.8 Å². The first-order valence-electron chi connectivity index (χ1n) is 4.72. The zero-order valence-electron chi connectivity index (χ0n) is 9.18. The molecule has 0 spiro atoms. The Kier molecular flexibility index (Phi) is 3.09. The molecule has 1 aromatic heterocycles. The smallest absolute Gasteiger partial charge is 0.0628 e. The topological polar surface area (TPSA) is 29.9 Å². The summed E-state index contributed by atoms with van der Waals surface area (Å²) >= 11 is 0. The molecule has 0 fully saturated rings. The van der Waals surface area contributed by atoms with Crippen LogP contribution < -0.4 is 5.32 Å². The molecule has 0 aromatic carbocycles. The Hall–Kier alpha value is -0.830. The quantitative estimate of drug-likeness (QED) is 0.759. The van der Waals surface area contributed by atoms with E-state index >= 15 is 0 Å². The molecule has 13 heavy (non-hydrogen) atoms. The molecule has 0 amide bonds. The van der Waals surface area contributed by atoms with Crippen molar-refractivity contribution in [2.45, 2.75) is 33.2 Å². The van der Waals surface area contributed by atoms with Crippen molar-refractivity contribution in [2.75, 3.05) is 7.05 Å². The van der Waals surface area contributed by atoms with Crippen LogP contribution in [-0.2, 0) is 13.5 Å². The van der Waals surface area contributed by atoms with Crippen LogP contribution in [0.5, 0.6) is 0 Å². The van der Waals surface area contributed by atoms with E-state index in [9.17, 15) is 0 Å². The Morgan fingerprint density at radius 3 is 2.46 bits per heavy atom. The number of likely N-dealkylation sites (N-methyl/N-ethyl adjacent to an activating group) is 1. The maximum absolute atomic E-state index is 4.39. The normalized spacial score (nSPS) is 13.3. The molecule has 0 aliphatic rings. The van der Waals surface area contributed by atoms with Crippen LogP contribution in [-0.4, -0.2) is 22.9 Å². The standard InChI is InChI=1S/C10H19N3/c1-7(11-4)6-10-8(2)12-13(5)9(10)3/h7,11H,6H2,1-5H3. The zero-order valence-corrected chi connectivity index (χ0v) is 9.18. The average Bonchev–Trinajstić information content (AvgIpc) is 2.32. The summed E-state index contributed by atoms with van der Waals surface area (Å²) < 4.78 is 1.95. The SMILES string of the molecule is CNC(C)Cc1c(C)nn(C)c1C. The summed E-state index contributed by atoms with van der Waals surface area (Å²) in [6.07, 6.45) is 1.06. The molecule has 0 saturated carbocycles. The molecule has 1 rings (SSSR count). The fraction of sp³-hybridized carbons (Fsp3) is 0.700. The summed E-state index contributed by atoms with van der Waals surface area (Å²) in [5.41, 5.74) is 3.81. The van der Waals surface area contributed by atoms with Crippen LogP contribution in [0.15, 0.2) is 0 Å². The molecular weight excluding hydrogens is 162 g/mol. The van der Waals surface area contributed by atoms with Crippen molar-refractivity contribution in [1.29, 1.82) is 0 Å². The number of aromatic nitrogens is 2. The number of rotatable bonds is 3. The van der Waals surface area contributed by atoms with Gasteiger partial charge in [0, 0.05) is 18.8 Å². The summed E-state index contributed by atoms with van der Waals surface area (Å²) in [4.78, 5) is 0. The first kappa shape index (κ1) is 10.3. The number of nitrogens with zero attached hydrogens (tertiary/aromatic N) is 2. The van der Waals surface area contributed by atoms with Crippen LogP contribution in [0.25, 0.3) is 0 Å². The van der Waals surface area contributed by atoms with E-state index in [1.54, 1.807) is 0 Å². The first-order chi connectivity index (χ1) is 6.06. The van der Waals surface area contributed by atoms with Gasteiger partial charge < -0.3 is 5.32 Å².